The Bertz CT molecular complexity index is 670. The Labute approximate surface area is 126 Å². The van der Waals surface area contributed by atoms with Crippen LogP contribution in [0.2, 0.25) is 0 Å². The van der Waals surface area contributed by atoms with E-state index in [-0.39, 0.29) is 17.9 Å². The predicted molar refractivity (Wildman–Crippen MR) is 78.2 cm³/mol. The Morgan fingerprint density at radius 3 is 2.68 bits per heavy atom. The first-order chi connectivity index (χ1) is 9.01. The second kappa shape index (κ2) is 5.88. The topological polar surface area (TPSA) is 31.2 Å². The molecule has 2 aromatic rings. The van der Waals surface area contributed by atoms with Crippen molar-refractivity contribution in [1.82, 2.24) is 4.57 Å². The lowest BCUT2D eigenvalue weighted by molar-refractivity contribution is 0.386. The van der Waals surface area contributed by atoms with Crippen LogP contribution >= 0.6 is 31.9 Å². The van der Waals surface area contributed by atoms with Crippen molar-refractivity contribution in [3.63, 3.8) is 0 Å². The zero-order chi connectivity index (χ0) is 14.0. The zero-order valence-electron chi connectivity index (χ0n) is 9.99. The van der Waals surface area contributed by atoms with Crippen molar-refractivity contribution in [2.75, 3.05) is 7.11 Å². The van der Waals surface area contributed by atoms with E-state index < -0.39 is 5.82 Å². The average Bonchev–Trinajstić information content (AvgIpc) is 2.35. The molecule has 0 aliphatic rings. The molecule has 0 N–H and O–H groups in total. The summed E-state index contributed by atoms with van der Waals surface area (Å²) < 4.78 is 21.2. The van der Waals surface area contributed by atoms with Crippen molar-refractivity contribution in [2.24, 2.45) is 0 Å². The Hall–Kier alpha value is -1.14. The van der Waals surface area contributed by atoms with Gasteiger partial charge in [-0.2, -0.15) is 0 Å². The number of methoxy groups -OCH3 is 1. The van der Waals surface area contributed by atoms with Gasteiger partial charge in [0.25, 0.3) is 5.56 Å². The highest BCUT2D eigenvalue weighted by molar-refractivity contribution is 9.11. The minimum Gasteiger partial charge on any atom is -0.494 e. The molecular weight excluding hydrogens is 381 g/mol. The molecular formula is C13H10Br2FNO2. The summed E-state index contributed by atoms with van der Waals surface area (Å²) in [6.07, 6.45) is 1.66. The van der Waals surface area contributed by atoms with Gasteiger partial charge in [0.15, 0.2) is 11.6 Å². The summed E-state index contributed by atoms with van der Waals surface area (Å²) in [5.41, 5.74) is 0.518. The van der Waals surface area contributed by atoms with Crippen LogP contribution in [0, 0.1) is 5.82 Å². The third kappa shape index (κ3) is 3.25. The molecule has 0 saturated heterocycles. The Morgan fingerprint density at radius 1 is 1.32 bits per heavy atom. The smallest absolute Gasteiger partial charge is 0.265 e. The van der Waals surface area contributed by atoms with E-state index in [1.54, 1.807) is 24.4 Å². The van der Waals surface area contributed by atoms with Crippen LogP contribution in [-0.2, 0) is 6.54 Å². The summed E-state index contributed by atoms with van der Waals surface area (Å²) in [5, 5.41) is 0. The van der Waals surface area contributed by atoms with Crippen LogP contribution in [0.25, 0.3) is 0 Å². The summed E-state index contributed by atoms with van der Waals surface area (Å²) in [4.78, 5) is 11.9. The summed E-state index contributed by atoms with van der Waals surface area (Å²) in [7, 11) is 1.41. The SMILES string of the molecule is COc1ccc(Cn2cc(Br)cc(Br)c2=O)cc1F. The van der Waals surface area contributed by atoms with Gasteiger partial charge in [-0.3, -0.25) is 4.79 Å². The first kappa shape index (κ1) is 14.3. The number of rotatable bonds is 3. The number of halogens is 3. The molecule has 0 fully saturated rings. The van der Waals surface area contributed by atoms with Crippen LogP contribution in [0.4, 0.5) is 4.39 Å². The van der Waals surface area contributed by atoms with Gasteiger partial charge >= 0.3 is 0 Å². The predicted octanol–water partition coefficient (Wildman–Crippen LogP) is 3.57. The lowest BCUT2D eigenvalue weighted by Crippen LogP contribution is -2.20. The van der Waals surface area contributed by atoms with Gasteiger partial charge in [0.2, 0.25) is 0 Å². The quantitative estimate of drug-likeness (QED) is 0.802. The van der Waals surface area contributed by atoms with E-state index in [1.807, 2.05) is 0 Å². The molecule has 0 saturated carbocycles. The van der Waals surface area contributed by atoms with E-state index in [4.69, 9.17) is 4.74 Å². The fourth-order valence-corrected chi connectivity index (χ4v) is 2.94. The molecule has 0 amide bonds. The van der Waals surface area contributed by atoms with Crippen molar-refractivity contribution in [1.29, 1.82) is 0 Å². The van der Waals surface area contributed by atoms with E-state index in [0.717, 1.165) is 4.47 Å². The van der Waals surface area contributed by atoms with Crippen LogP contribution in [0.15, 0.2) is 44.2 Å². The van der Waals surface area contributed by atoms with Crippen molar-refractivity contribution in [2.45, 2.75) is 6.54 Å². The van der Waals surface area contributed by atoms with Crippen LogP contribution in [0.3, 0.4) is 0 Å². The maximum atomic E-state index is 13.6. The number of hydrogen-bond acceptors (Lipinski definition) is 2. The van der Waals surface area contributed by atoms with Gasteiger partial charge in [-0.05, 0) is 55.6 Å². The number of ether oxygens (including phenoxy) is 1. The number of pyridine rings is 1. The van der Waals surface area contributed by atoms with Gasteiger partial charge in [0.1, 0.15) is 0 Å². The summed E-state index contributed by atoms with van der Waals surface area (Å²) in [6.45, 7) is 0.289. The Morgan fingerprint density at radius 2 is 2.05 bits per heavy atom. The number of nitrogens with zero attached hydrogens (tertiary/aromatic N) is 1. The van der Waals surface area contributed by atoms with Crippen LogP contribution < -0.4 is 10.3 Å². The van der Waals surface area contributed by atoms with Crippen molar-refractivity contribution in [3.05, 3.63) is 61.1 Å². The van der Waals surface area contributed by atoms with E-state index in [9.17, 15) is 9.18 Å². The maximum Gasteiger partial charge on any atom is 0.265 e. The molecule has 100 valence electrons. The minimum atomic E-state index is -0.442. The van der Waals surface area contributed by atoms with Crippen LogP contribution in [0.5, 0.6) is 5.75 Å². The molecule has 6 heteroatoms. The van der Waals surface area contributed by atoms with E-state index in [1.165, 1.54) is 17.7 Å². The van der Waals surface area contributed by atoms with E-state index in [0.29, 0.717) is 10.0 Å². The summed E-state index contributed by atoms with van der Waals surface area (Å²) >= 11 is 6.50. The van der Waals surface area contributed by atoms with Crippen LogP contribution in [-0.4, -0.2) is 11.7 Å². The monoisotopic (exact) mass is 389 g/mol. The summed E-state index contributed by atoms with van der Waals surface area (Å²) in [6, 6.07) is 6.30. The molecule has 1 heterocycles. The first-order valence-corrected chi connectivity index (χ1v) is 6.98. The van der Waals surface area contributed by atoms with Crippen LogP contribution in [0.1, 0.15) is 5.56 Å². The summed E-state index contributed by atoms with van der Waals surface area (Å²) in [5.74, 6) is -0.256. The molecule has 1 aromatic carbocycles. The standard InChI is InChI=1S/C13H10Br2FNO2/c1-19-12-3-2-8(4-11(12)16)6-17-7-9(14)5-10(15)13(17)18/h2-5,7H,6H2,1H3. The van der Waals surface area contributed by atoms with Gasteiger partial charge in [-0.15, -0.1) is 0 Å². The highest BCUT2D eigenvalue weighted by Gasteiger charge is 2.07. The third-order valence-electron chi connectivity index (χ3n) is 2.58. The highest BCUT2D eigenvalue weighted by atomic mass is 79.9. The van der Waals surface area contributed by atoms with Crippen molar-refractivity contribution < 1.29 is 9.13 Å². The fraction of sp³-hybridized carbons (Fsp3) is 0.154. The van der Waals surface area contributed by atoms with Crippen molar-refractivity contribution in [3.8, 4) is 5.75 Å². The third-order valence-corrected chi connectivity index (χ3v) is 3.58. The molecule has 0 atom stereocenters. The van der Waals surface area contributed by atoms with E-state index in [2.05, 4.69) is 31.9 Å². The molecule has 0 bridgehead atoms. The second-order valence-corrected chi connectivity index (χ2v) is 5.68. The molecule has 0 unspecified atom stereocenters. The molecule has 19 heavy (non-hydrogen) atoms. The Balaban J connectivity index is 2.36. The Kier molecular flexibility index (Phi) is 4.42. The normalized spacial score (nSPS) is 10.5. The lowest BCUT2D eigenvalue weighted by atomic mass is 10.2. The largest absolute Gasteiger partial charge is 0.494 e. The molecule has 0 aliphatic carbocycles. The van der Waals surface area contributed by atoms with Gasteiger partial charge in [-0.1, -0.05) is 6.07 Å². The average molecular weight is 391 g/mol. The maximum absolute atomic E-state index is 13.6. The highest BCUT2D eigenvalue weighted by Crippen LogP contribution is 2.19. The second-order valence-electron chi connectivity index (χ2n) is 3.91. The van der Waals surface area contributed by atoms with Gasteiger partial charge in [0.05, 0.1) is 18.1 Å². The minimum absolute atomic E-state index is 0.167. The molecule has 3 nitrogen and oxygen atoms in total. The molecule has 1 aromatic heterocycles. The molecule has 2 rings (SSSR count). The van der Waals surface area contributed by atoms with Gasteiger partial charge < -0.3 is 9.30 Å². The fourth-order valence-electron chi connectivity index (χ4n) is 1.69. The number of aromatic nitrogens is 1. The first-order valence-electron chi connectivity index (χ1n) is 5.39. The lowest BCUT2D eigenvalue weighted by Gasteiger charge is -2.09. The number of hydrogen-bond donors (Lipinski definition) is 0. The number of benzene rings is 1. The molecule has 0 spiro atoms. The molecule has 0 radical (unpaired) electrons. The van der Waals surface area contributed by atoms with Gasteiger partial charge in [-0.25, -0.2) is 4.39 Å². The molecule has 0 aliphatic heterocycles. The van der Waals surface area contributed by atoms with Gasteiger partial charge in [0, 0.05) is 10.7 Å². The van der Waals surface area contributed by atoms with Crippen molar-refractivity contribution >= 4 is 31.9 Å². The zero-order valence-corrected chi connectivity index (χ0v) is 13.2. The van der Waals surface area contributed by atoms with E-state index >= 15 is 0 Å².